The first-order chi connectivity index (χ1) is 16.5. The van der Waals surface area contributed by atoms with E-state index in [0.717, 1.165) is 51.4 Å². The summed E-state index contributed by atoms with van der Waals surface area (Å²) >= 11 is 0. The third-order valence-electron chi connectivity index (χ3n) is 5.13. The Kier molecular flexibility index (Phi) is 12.2. The topological polar surface area (TPSA) is 94.4 Å². The van der Waals surface area contributed by atoms with Gasteiger partial charge in [-0.3, -0.25) is 9.59 Å². The Morgan fingerprint density at radius 2 is 1.32 bits per heavy atom. The molecule has 7 nitrogen and oxygen atoms in total. The molecule has 2 rings (SSSR count). The molecule has 182 valence electrons. The lowest BCUT2D eigenvalue weighted by Gasteiger charge is -2.04. The lowest BCUT2D eigenvalue weighted by molar-refractivity contribution is -0.134. The zero-order chi connectivity index (χ0) is 24.6. The van der Waals surface area contributed by atoms with E-state index in [1.165, 1.54) is 18.2 Å². The second kappa shape index (κ2) is 15.5. The molecule has 0 aliphatic heterocycles. The van der Waals surface area contributed by atoms with Crippen LogP contribution in [0.5, 0.6) is 5.75 Å². The van der Waals surface area contributed by atoms with Gasteiger partial charge in [-0.15, -0.1) is 0 Å². The molecular formula is C27H34N2O5. The fourth-order valence-electron chi connectivity index (χ4n) is 3.12. The van der Waals surface area contributed by atoms with Gasteiger partial charge in [-0.1, -0.05) is 52.4 Å². The largest absolute Gasteiger partial charge is 0.462 e. The summed E-state index contributed by atoms with van der Waals surface area (Å²) in [6.45, 7) is 4.64. The first-order valence-electron chi connectivity index (χ1n) is 12.1. The van der Waals surface area contributed by atoms with Crippen LogP contribution in [0, 0.1) is 0 Å². The van der Waals surface area contributed by atoms with Crippen molar-refractivity contribution in [3.8, 4) is 5.75 Å². The third kappa shape index (κ3) is 10.1. The summed E-state index contributed by atoms with van der Waals surface area (Å²) in [4.78, 5) is 36.3. The zero-order valence-corrected chi connectivity index (χ0v) is 20.1. The van der Waals surface area contributed by atoms with E-state index >= 15 is 0 Å². The molecule has 0 unspecified atom stereocenters. The predicted octanol–water partition coefficient (Wildman–Crippen LogP) is 7.08. The van der Waals surface area contributed by atoms with E-state index in [2.05, 4.69) is 24.1 Å². The van der Waals surface area contributed by atoms with Gasteiger partial charge < -0.3 is 9.47 Å². The van der Waals surface area contributed by atoms with Crippen LogP contribution in [-0.2, 0) is 9.53 Å². The molecule has 7 heteroatoms. The molecule has 0 bridgehead atoms. The lowest BCUT2D eigenvalue weighted by Crippen LogP contribution is -2.12. The number of azo groups is 1. The molecule has 2 aromatic rings. The van der Waals surface area contributed by atoms with Gasteiger partial charge in [-0.05, 0) is 61.4 Å². The minimum atomic E-state index is -0.410. The van der Waals surface area contributed by atoms with Crippen LogP contribution in [0.25, 0.3) is 0 Å². The Balaban J connectivity index is 1.92. The van der Waals surface area contributed by atoms with Gasteiger partial charge in [0.2, 0.25) is 5.43 Å². The number of ether oxygens (including phenoxy) is 2. The number of carbonyl (C=O) groups is 2. The molecule has 0 atom stereocenters. The van der Waals surface area contributed by atoms with Crippen molar-refractivity contribution >= 4 is 23.3 Å². The van der Waals surface area contributed by atoms with E-state index < -0.39 is 11.4 Å². The zero-order valence-electron chi connectivity index (χ0n) is 20.1. The highest BCUT2D eigenvalue weighted by Crippen LogP contribution is 2.19. The van der Waals surface area contributed by atoms with Crippen molar-refractivity contribution in [3.63, 3.8) is 0 Å². The Morgan fingerprint density at radius 1 is 0.735 bits per heavy atom. The van der Waals surface area contributed by atoms with Crippen LogP contribution < -0.4 is 10.2 Å². The molecule has 0 heterocycles. The standard InChI is InChI=1S/C27H34N2O5/c1-3-5-7-8-9-11-26(31)34-25-19-17-23(16-18-24(25)30)29-28-22-14-12-21(13-15-22)27(32)33-20-10-6-4-2/h12-19H,3-11,20H2,1-2H3. The number of nitrogens with zero attached hydrogens (tertiary/aromatic N) is 2. The SMILES string of the molecule is CCCCCCCC(=O)Oc1ccc(N=Nc2ccc(C(=O)OCCCCC)cc2)ccc1=O. The second-order valence-electron chi connectivity index (χ2n) is 8.05. The van der Waals surface area contributed by atoms with Gasteiger partial charge in [-0.2, -0.15) is 10.2 Å². The minimum absolute atomic E-state index is 0.0261. The molecule has 0 amide bonds. The van der Waals surface area contributed by atoms with Crippen LogP contribution in [0.3, 0.4) is 0 Å². The fourth-order valence-corrected chi connectivity index (χ4v) is 3.12. The monoisotopic (exact) mass is 466 g/mol. The summed E-state index contributed by atoms with van der Waals surface area (Å²) in [5.74, 6) is -0.797. The minimum Gasteiger partial charge on any atom is -0.462 e. The number of hydrogen-bond donors (Lipinski definition) is 0. The van der Waals surface area contributed by atoms with Gasteiger partial charge in [0.1, 0.15) is 0 Å². The normalized spacial score (nSPS) is 10.9. The van der Waals surface area contributed by atoms with E-state index in [1.807, 2.05) is 0 Å². The van der Waals surface area contributed by atoms with Crippen LogP contribution in [0.2, 0.25) is 0 Å². The second-order valence-corrected chi connectivity index (χ2v) is 8.05. The molecule has 2 aromatic carbocycles. The van der Waals surface area contributed by atoms with Gasteiger partial charge in [0, 0.05) is 6.42 Å². The lowest BCUT2D eigenvalue weighted by atomic mass is 10.1. The molecule has 34 heavy (non-hydrogen) atoms. The van der Waals surface area contributed by atoms with Crippen molar-refractivity contribution in [2.45, 2.75) is 71.6 Å². The van der Waals surface area contributed by atoms with Gasteiger partial charge >= 0.3 is 11.9 Å². The molecule has 0 aliphatic carbocycles. The van der Waals surface area contributed by atoms with E-state index in [1.54, 1.807) is 30.3 Å². The maximum atomic E-state index is 12.2. The molecule has 0 fully saturated rings. The molecule has 0 aromatic heterocycles. The molecule has 0 radical (unpaired) electrons. The van der Waals surface area contributed by atoms with Crippen LogP contribution in [0.4, 0.5) is 11.4 Å². The van der Waals surface area contributed by atoms with Crippen molar-refractivity contribution in [2.75, 3.05) is 6.61 Å². The van der Waals surface area contributed by atoms with Crippen molar-refractivity contribution in [2.24, 2.45) is 10.2 Å². The molecule has 0 aliphatic rings. The molecule has 0 saturated heterocycles. The average molecular weight is 467 g/mol. The Morgan fingerprint density at radius 3 is 2.00 bits per heavy atom. The number of hydrogen-bond acceptors (Lipinski definition) is 7. The Labute approximate surface area is 201 Å². The molecule has 0 saturated carbocycles. The van der Waals surface area contributed by atoms with Gasteiger partial charge in [-0.25, -0.2) is 4.79 Å². The third-order valence-corrected chi connectivity index (χ3v) is 5.13. The smallest absolute Gasteiger partial charge is 0.338 e. The van der Waals surface area contributed by atoms with E-state index in [4.69, 9.17) is 9.47 Å². The van der Waals surface area contributed by atoms with Crippen molar-refractivity contribution in [1.82, 2.24) is 0 Å². The number of unbranched alkanes of at least 4 members (excludes halogenated alkanes) is 6. The van der Waals surface area contributed by atoms with Crippen LogP contribution in [-0.4, -0.2) is 18.5 Å². The quantitative estimate of drug-likeness (QED) is 0.168. The number of rotatable bonds is 14. The number of benzene rings is 1. The highest BCUT2D eigenvalue weighted by atomic mass is 16.5. The number of esters is 2. The molecule has 0 N–H and O–H groups in total. The highest BCUT2D eigenvalue weighted by molar-refractivity contribution is 5.89. The van der Waals surface area contributed by atoms with E-state index in [9.17, 15) is 14.4 Å². The summed E-state index contributed by atoms with van der Waals surface area (Å²) in [5, 5.41) is 8.27. The summed E-state index contributed by atoms with van der Waals surface area (Å²) in [6.07, 6.45) is 8.36. The maximum absolute atomic E-state index is 12.2. The molecular weight excluding hydrogens is 432 g/mol. The highest BCUT2D eigenvalue weighted by Gasteiger charge is 2.08. The van der Waals surface area contributed by atoms with Gasteiger partial charge in [0.25, 0.3) is 0 Å². The summed E-state index contributed by atoms with van der Waals surface area (Å²) in [5.41, 5.74) is 1.03. The average Bonchev–Trinajstić information content (AvgIpc) is 3.02. The predicted molar refractivity (Wildman–Crippen MR) is 132 cm³/mol. The molecule has 0 spiro atoms. The van der Waals surface area contributed by atoms with Crippen molar-refractivity contribution < 1.29 is 19.1 Å². The van der Waals surface area contributed by atoms with Crippen LogP contribution >= 0.6 is 0 Å². The fraction of sp³-hybridized carbons (Fsp3) is 0.444. The van der Waals surface area contributed by atoms with Gasteiger partial charge in [0.15, 0.2) is 5.75 Å². The Hall–Kier alpha value is -3.35. The summed E-state index contributed by atoms with van der Waals surface area (Å²) in [6, 6.07) is 12.4. The van der Waals surface area contributed by atoms with Gasteiger partial charge in [0.05, 0.1) is 23.5 Å². The van der Waals surface area contributed by atoms with E-state index in [-0.39, 0.29) is 18.1 Å². The Bertz CT molecular complexity index is 1000. The number of carbonyl (C=O) groups excluding carboxylic acids is 2. The maximum Gasteiger partial charge on any atom is 0.338 e. The summed E-state index contributed by atoms with van der Waals surface area (Å²) < 4.78 is 10.5. The summed E-state index contributed by atoms with van der Waals surface area (Å²) in [7, 11) is 0. The first kappa shape index (κ1) is 26.9. The van der Waals surface area contributed by atoms with Crippen molar-refractivity contribution in [3.05, 3.63) is 64.3 Å². The van der Waals surface area contributed by atoms with Crippen molar-refractivity contribution in [1.29, 1.82) is 0 Å². The van der Waals surface area contributed by atoms with Crippen LogP contribution in [0.15, 0.2) is 63.6 Å². The van der Waals surface area contributed by atoms with Crippen LogP contribution in [0.1, 0.15) is 82.0 Å². The van der Waals surface area contributed by atoms with E-state index in [0.29, 0.717) is 23.5 Å². The first-order valence-corrected chi connectivity index (χ1v) is 12.1.